The van der Waals surface area contributed by atoms with Crippen LogP contribution in [0.3, 0.4) is 0 Å². The molecule has 13 nitrogen and oxygen atoms in total. The van der Waals surface area contributed by atoms with E-state index in [0.717, 1.165) is 11.8 Å². The van der Waals surface area contributed by atoms with Gasteiger partial charge >= 0.3 is 11.9 Å². The quantitative estimate of drug-likeness (QED) is 0.180. The molecule has 0 saturated heterocycles. The number of carbonyl (C=O) groups excluding carboxylic acids is 2. The molecule has 0 radical (unpaired) electrons. The van der Waals surface area contributed by atoms with Crippen molar-refractivity contribution < 1.29 is 39.7 Å². The van der Waals surface area contributed by atoms with Gasteiger partial charge in [-0.15, -0.1) is 11.8 Å². The standard InChI is InChI=1S/C20H25N4O9S/c21-12(20(30)31)5-7-16(25)23-13(19(29)22-8-17(26)27)9-34-15-6-4-10-11(18(15)28)2-1-3-14(10)24(32)33/h1-4,6,12-13,15,18,28,32H,5,7-9,21H2,(H,22,29)(H,23,25)(H,26,27)(H,30,31)/q-1/t12-,13-,15?,18?/m0/s1. The first-order valence-corrected chi connectivity index (χ1v) is 11.1. The van der Waals surface area contributed by atoms with E-state index in [1.54, 1.807) is 18.2 Å². The third-order valence-corrected chi connectivity index (χ3v) is 6.25. The van der Waals surface area contributed by atoms with Crippen LogP contribution >= 0.6 is 11.8 Å². The van der Waals surface area contributed by atoms with Crippen LogP contribution in [0, 0.1) is 5.21 Å². The summed E-state index contributed by atoms with van der Waals surface area (Å²) in [5, 5.41) is 52.6. The first kappa shape index (κ1) is 27.1. The number of anilines is 1. The smallest absolute Gasteiger partial charge is 0.322 e. The largest absolute Gasteiger partial charge is 0.733 e. The van der Waals surface area contributed by atoms with Gasteiger partial charge in [-0.2, -0.15) is 0 Å². The lowest BCUT2D eigenvalue weighted by Gasteiger charge is -2.31. The maximum atomic E-state index is 12.4. The number of hydrogen-bond donors (Lipinski definition) is 7. The summed E-state index contributed by atoms with van der Waals surface area (Å²) in [6, 6.07) is 2.01. The van der Waals surface area contributed by atoms with Gasteiger partial charge in [-0.3, -0.25) is 24.4 Å². The van der Waals surface area contributed by atoms with Crippen molar-refractivity contribution in [2.45, 2.75) is 36.3 Å². The number of rotatable bonds is 12. The Morgan fingerprint density at radius 2 is 1.94 bits per heavy atom. The van der Waals surface area contributed by atoms with Gasteiger partial charge in [0.25, 0.3) is 0 Å². The number of aliphatic carboxylic acids is 2. The van der Waals surface area contributed by atoms with E-state index in [1.807, 2.05) is 0 Å². The summed E-state index contributed by atoms with van der Waals surface area (Å²) in [5.74, 6) is -4.04. The summed E-state index contributed by atoms with van der Waals surface area (Å²) in [4.78, 5) is 46.2. The number of carboxylic acids is 2. The van der Waals surface area contributed by atoms with Crippen LogP contribution in [-0.2, 0) is 19.2 Å². The average molecular weight is 498 g/mol. The first-order valence-electron chi connectivity index (χ1n) is 10.1. The molecule has 34 heavy (non-hydrogen) atoms. The van der Waals surface area contributed by atoms with Gasteiger partial charge in [-0.25, -0.2) is 0 Å². The molecule has 0 bridgehead atoms. The Morgan fingerprint density at radius 3 is 2.56 bits per heavy atom. The lowest BCUT2D eigenvalue weighted by Crippen LogP contribution is -2.49. The minimum absolute atomic E-state index is 0.0472. The monoisotopic (exact) mass is 497 g/mol. The fourth-order valence-corrected chi connectivity index (χ4v) is 4.32. The second-order valence-electron chi connectivity index (χ2n) is 7.37. The number of nitrogens with zero attached hydrogens (tertiary/aromatic N) is 1. The molecule has 1 aromatic rings. The Balaban J connectivity index is 2.07. The summed E-state index contributed by atoms with van der Waals surface area (Å²) in [7, 11) is 0. The van der Waals surface area contributed by atoms with Crippen LogP contribution in [0.25, 0.3) is 6.08 Å². The average Bonchev–Trinajstić information content (AvgIpc) is 2.79. The summed E-state index contributed by atoms with van der Waals surface area (Å²) < 4.78 is 0. The normalized spacial score (nSPS) is 18.4. The summed E-state index contributed by atoms with van der Waals surface area (Å²) in [6.07, 6.45) is 1.58. The van der Waals surface area contributed by atoms with Crippen LogP contribution in [0.1, 0.15) is 30.1 Å². The summed E-state index contributed by atoms with van der Waals surface area (Å²) in [6.45, 7) is -0.672. The second-order valence-corrected chi connectivity index (χ2v) is 8.58. The van der Waals surface area contributed by atoms with Gasteiger partial charge in [0.05, 0.1) is 17.0 Å². The van der Waals surface area contributed by atoms with Crippen molar-refractivity contribution in [3.63, 3.8) is 0 Å². The first-order chi connectivity index (χ1) is 16.0. The maximum absolute atomic E-state index is 12.4. The zero-order valence-corrected chi connectivity index (χ0v) is 18.6. The van der Waals surface area contributed by atoms with Crippen LogP contribution in [0.15, 0.2) is 24.3 Å². The predicted octanol–water partition coefficient (Wildman–Crippen LogP) is -0.580. The Bertz CT molecular complexity index is 956. The molecule has 1 aliphatic carbocycles. The molecular formula is C20H25N4O9S-. The number of hydrogen-bond acceptors (Lipinski definition) is 10. The minimum Gasteiger partial charge on any atom is -0.733 e. The van der Waals surface area contributed by atoms with Crippen molar-refractivity contribution in [1.29, 1.82) is 0 Å². The molecule has 2 unspecified atom stereocenters. The van der Waals surface area contributed by atoms with Crippen molar-refractivity contribution in [3.05, 3.63) is 40.6 Å². The van der Waals surface area contributed by atoms with E-state index in [1.165, 1.54) is 12.1 Å². The zero-order chi connectivity index (χ0) is 25.4. The van der Waals surface area contributed by atoms with E-state index in [-0.39, 0.29) is 29.5 Å². The number of amides is 2. The highest BCUT2D eigenvalue weighted by Gasteiger charge is 2.29. The highest BCUT2D eigenvalue weighted by atomic mass is 32.2. The Morgan fingerprint density at radius 1 is 1.24 bits per heavy atom. The van der Waals surface area contributed by atoms with E-state index in [9.17, 15) is 34.7 Å². The number of benzene rings is 1. The molecule has 1 aliphatic rings. The Hall–Kier alpha value is -3.17. The number of thioether (sulfide) groups is 1. The summed E-state index contributed by atoms with van der Waals surface area (Å²) >= 11 is 1.09. The van der Waals surface area contributed by atoms with Crippen molar-refractivity contribution in [1.82, 2.24) is 10.6 Å². The van der Waals surface area contributed by atoms with E-state index in [4.69, 9.17) is 15.9 Å². The van der Waals surface area contributed by atoms with Gasteiger partial charge in [0.1, 0.15) is 18.6 Å². The molecule has 2 rings (SSSR count). The van der Waals surface area contributed by atoms with Crippen molar-refractivity contribution in [3.8, 4) is 0 Å². The number of fused-ring (bicyclic) bond motifs is 1. The minimum atomic E-state index is -1.28. The van der Waals surface area contributed by atoms with Crippen molar-refractivity contribution in [2.24, 2.45) is 5.73 Å². The van der Waals surface area contributed by atoms with Crippen LogP contribution in [-0.4, -0.2) is 73.9 Å². The van der Waals surface area contributed by atoms with E-state index < -0.39 is 53.7 Å². The van der Waals surface area contributed by atoms with E-state index in [2.05, 4.69) is 10.6 Å². The number of carboxylic acid groups (broad SMARTS) is 2. The molecule has 4 atom stereocenters. The highest BCUT2D eigenvalue weighted by Crippen LogP contribution is 2.38. The molecule has 186 valence electrons. The van der Waals surface area contributed by atoms with Crippen molar-refractivity contribution >= 4 is 47.3 Å². The maximum Gasteiger partial charge on any atom is 0.322 e. The number of nitrogens with two attached hydrogens (primary N) is 1. The van der Waals surface area contributed by atoms with Gasteiger partial charge in [0, 0.05) is 17.7 Å². The van der Waals surface area contributed by atoms with Gasteiger partial charge < -0.3 is 42.1 Å². The molecule has 14 heteroatoms. The van der Waals surface area contributed by atoms with E-state index >= 15 is 0 Å². The summed E-state index contributed by atoms with van der Waals surface area (Å²) in [5.41, 5.74) is 6.04. The van der Waals surface area contributed by atoms with Crippen LogP contribution in [0.5, 0.6) is 0 Å². The molecule has 0 heterocycles. The van der Waals surface area contributed by atoms with Crippen molar-refractivity contribution in [2.75, 3.05) is 17.5 Å². The lowest BCUT2D eigenvalue weighted by atomic mass is 9.93. The van der Waals surface area contributed by atoms with Gasteiger partial charge in [0.15, 0.2) is 0 Å². The molecule has 0 spiro atoms. The fourth-order valence-electron chi connectivity index (χ4n) is 3.15. The second kappa shape index (κ2) is 12.3. The highest BCUT2D eigenvalue weighted by molar-refractivity contribution is 8.00. The number of nitrogens with one attached hydrogen (secondary N) is 2. The Labute approximate surface area is 198 Å². The molecule has 1 aromatic carbocycles. The van der Waals surface area contributed by atoms with Crippen LogP contribution in [0.2, 0.25) is 0 Å². The molecule has 8 N–H and O–H groups in total. The predicted molar refractivity (Wildman–Crippen MR) is 122 cm³/mol. The van der Waals surface area contributed by atoms with E-state index in [0.29, 0.717) is 11.1 Å². The molecule has 0 aliphatic heterocycles. The fraction of sp³-hybridized carbons (Fsp3) is 0.400. The molecule has 2 amide bonds. The molecule has 0 aromatic heterocycles. The molecule has 0 fully saturated rings. The Kier molecular flexibility index (Phi) is 9.83. The van der Waals surface area contributed by atoms with Crippen LogP contribution in [0.4, 0.5) is 5.69 Å². The third kappa shape index (κ3) is 7.43. The van der Waals surface area contributed by atoms with Crippen LogP contribution < -0.4 is 21.6 Å². The van der Waals surface area contributed by atoms with Gasteiger partial charge in [-0.05, 0) is 18.1 Å². The molecule has 0 saturated carbocycles. The van der Waals surface area contributed by atoms with Gasteiger partial charge in [-0.1, -0.05) is 24.3 Å². The van der Waals surface area contributed by atoms with Gasteiger partial charge in [0.2, 0.25) is 11.8 Å². The number of carbonyl (C=O) groups is 4. The lowest BCUT2D eigenvalue weighted by molar-refractivity contribution is -0.139. The zero-order valence-electron chi connectivity index (χ0n) is 17.8. The molecular weight excluding hydrogens is 472 g/mol. The third-order valence-electron chi connectivity index (χ3n) is 4.93. The number of aliphatic hydroxyl groups is 1. The topological polar surface area (TPSA) is 226 Å². The SMILES string of the molecule is N[C@@H](CCC(=O)N[C@@H](CSC1C=Cc2c(cccc2N([O-])O)C1O)C(=O)NCC(=O)O)C(=O)O. The number of aliphatic hydroxyl groups excluding tert-OH is 1.